The van der Waals surface area contributed by atoms with Crippen molar-refractivity contribution in [3.8, 4) is 5.88 Å². The molecule has 0 amide bonds. The van der Waals surface area contributed by atoms with Gasteiger partial charge in [-0.05, 0) is 44.0 Å². The van der Waals surface area contributed by atoms with Gasteiger partial charge in [0.25, 0.3) is 0 Å². The van der Waals surface area contributed by atoms with Crippen LogP contribution in [0.3, 0.4) is 0 Å². The van der Waals surface area contributed by atoms with E-state index < -0.39 is 0 Å². The SMILES string of the molecule is COc1cc(CCN2CCC(N)CC2)ccn1. The summed E-state index contributed by atoms with van der Waals surface area (Å²) in [6.45, 7) is 3.35. The summed E-state index contributed by atoms with van der Waals surface area (Å²) in [6, 6.07) is 4.47. The molecule has 17 heavy (non-hydrogen) atoms. The smallest absolute Gasteiger partial charge is 0.213 e. The van der Waals surface area contributed by atoms with E-state index in [4.69, 9.17) is 10.5 Å². The minimum atomic E-state index is 0.410. The normalized spacial score (nSPS) is 18.2. The topological polar surface area (TPSA) is 51.4 Å². The largest absolute Gasteiger partial charge is 0.481 e. The van der Waals surface area contributed by atoms with Crippen molar-refractivity contribution in [2.75, 3.05) is 26.7 Å². The molecule has 2 N–H and O–H groups in total. The van der Waals surface area contributed by atoms with Gasteiger partial charge in [0.05, 0.1) is 7.11 Å². The summed E-state index contributed by atoms with van der Waals surface area (Å²) >= 11 is 0. The molecule has 0 atom stereocenters. The number of piperidine rings is 1. The third-order valence-corrected chi connectivity index (χ3v) is 3.36. The number of methoxy groups -OCH3 is 1. The number of rotatable bonds is 4. The highest BCUT2D eigenvalue weighted by atomic mass is 16.5. The van der Waals surface area contributed by atoms with E-state index in [1.165, 1.54) is 5.56 Å². The third-order valence-electron chi connectivity index (χ3n) is 3.36. The minimum absolute atomic E-state index is 0.410. The van der Waals surface area contributed by atoms with E-state index in [1.807, 2.05) is 6.07 Å². The lowest BCUT2D eigenvalue weighted by molar-refractivity contribution is 0.215. The van der Waals surface area contributed by atoms with Crippen LogP contribution < -0.4 is 10.5 Å². The van der Waals surface area contributed by atoms with Crippen molar-refractivity contribution in [3.63, 3.8) is 0 Å². The summed E-state index contributed by atoms with van der Waals surface area (Å²) in [4.78, 5) is 6.59. The van der Waals surface area contributed by atoms with Crippen LogP contribution in [-0.4, -0.2) is 42.7 Å². The van der Waals surface area contributed by atoms with E-state index in [-0.39, 0.29) is 0 Å². The van der Waals surface area contributed by atoms with Crippen LogP contribution in [0.25, 0.3) is 0 Å². The fraction of sp³-hybridized carbons (Fsp3) is 0.615. The highest BCUT2D eigenvalue weighted by Crippen LogP contribution is 2.12. The molecule has 0 bridgehead atoms. The Morgan fingerprint density at radius 1 is 1.47 bits per heavy atom. The van der Waals surface area contributed by atoms with Gasteiger partial charge >= 0.3 is 0 Å². The maximum absolute atomic E-state index is 5.89. The predicted molar refractivity (Wildman–Crippen MR) is 68.1 cm³/mol. The molecule has 2 rings (SSSR count). The Morgan fingerprint density at radius 2 is 2.24 bits per heavy atom. The number of hydrogen-bond acceptors (Lipinski definition) is 4. The zero-order valence-electron chi connectivity index (χ0n) is 10.4. The molecular formula is C13H21N3O. The molecule has 0 aliphatic carbocycles. The first-order valence-electron chi connectivity index (χ1n) is 6.25. The van der Waals surface area contributed by atoms with Gasteiger partial charge in [-0.15, -0.1) is 0 Å². The molecule has 0 radical (unpaired) electrons. The van der Waals surface area contributed by atoms with E-state index in [9.17, 15) is 0 Å². The lowest BCUT2D eigenvalue weighted by Crippen LogP contribution is -2.40. The maximum Gasteiger partial charge on any atom is 0.213 e. The van der Waals surface area contributed by atoms with E-state index in [0.29, 0.717) is 11.9 Å². The van der Waals surface area contributed by atoms with Crippen molar-refractivity contribution in [2.45, 2.75) is 25.3 Å². The Kier molecular flexibility index (Phi) is 4.34. The number of nitrogens with two attached hydrogens (primary N) is 1. The van der Waals surface area contributed by atoms with E-state index in [0.717, 1.165) is 38.9 Å². The Balaban J connectivity index is 1.81. The second-order valence-corrected chi connectivity index (χ2v) is 4.64. The molecule has 4 nitrogen and oxygen atoms in total. The van der Waals surface area contributed by atoms with Crippen molar-refractivity contribution in [1.82, 2.24) is 9.88 Å². The zero-order valence-corrected chi connectivity index (χ0v) is 10.4. The van der Waals surface area contributed by atoms with E-state index >= 15 is 0 Å². The molecule has 1 aliphatic rings. The highest BCUT2D eigenvalue weighted by molar-refractivity contribution is 5.20. The summed E-state index contributed by atoms with van der Waals surface area (Å²) in [5.41, 5.74) is 7.17. The van der Waals surface area contributed by atoms with E-state index in [1.54, 1.807) is 13.3 Å². The molecule has 2 heterocycles. The molecule has 94 valence electrons. The van der Waals surface area contributed by atoms with Crippen LogP contribution in [0.1, 0.15) is 18.4 Å². The first-order valence-corrected chi connectivity index (χ1v) is 6.25. The molecular weight excluding hydrogens is 214 g/mol. The summed E-state index contributed by atoms with van der Waals surface area (Å²) in [6.07, 6.45) is 5.10. The van der Waals surface area contributed by atoms with Crippen molar-refractivity contribution >= 4 is 0 Å². The molecule has 1 saturated heterocycles. The number of ether oxygens (including phenoxy) is 1. The summed E-state index contributed by atoms with van der Waals surface area (Å²) < 4.78 is 5.12. The monoisotopic (exact) mass is 235 g/mol. The molecule has 1 aromatic heterocycles. The van der Waals surface area contributed by atoms with E-state index in [2.05, 4.69) is 16.0 Å². The number of likely N-dealkylation sites (tertiary alicyclic amines) is 1. The van der Waals surface area contributed by atoms with Crippen LogP contribution >= 0.6 is 0 Å². The van der Waals surface area contributed by atoms with Crippen LogP contribution in [0.2, 0.25) is 0 Å². The third kappa shape index (κ3) is 3.68. The zero-order chi connectivity index (χ0) is 12.1. The van der Waals surface area contributed by atoms with Gasteiger partial charge in [-0.2, -0.15) is 0 Å². The van der Waals surface area contributed by atoms with Gasteiger partial charge in [0.15, 0.2) is 0 Å². The molecule has 0 saturated carbocycles. The molecule has 4 heteroatoms. The molecule has 1 aromatic rings. The Bertz CT molecular complexity index is 348. The second kappa shape index (κ2) is 5.98. The van der Waals surface area contributed by atoms with Gasteiger partial charge in [0.1, 0.15) is 0 Å². The van der Waals surface area contributed by atoms with Gasteiger partial charge in [0.2, 0.25) is 5.88 Å². The number of aromatic nitrogens is 1. The van der Waals surface area contributed by atoms with Crippen molar-refractivity contribution < 1.29 is 4.74 Å². The Hall–Kier alpha value is -1.13. The summed E-state index contributed by atoms with van der Waals surface area (Å²) in [5.74, 6) is 0.697. The molecule has 1 aliphatic heterocycles. The predicted octanol–water partition coefficient (Wildman–Crippen LogP) is 1.06. The lowest BCUT2D eigenvalue weighted by atomic mass is 10.1. The highest BCUT2D eigenvalue weighted by Gasteiger charge is 2.15. The minimum Gasteiger partial charge on any atom is -0.481 e. The fourth-order valence-electron chi connectivity index (χ4n) is 2.18. The number of nitrogens with zero attached hydrogens (tertiary/aromatic N) is 2. The maximum atomic E-state index is 5.89. The molecule has 0 unspecified atom stereocenters. The van der Waals surface area contributed by atoms with Gasteiger partial charge in [-0.3, -0.25) is 0 Å². The molecule has 0 aromatic carbocycles. The van der Waals surface area contributed by atoms with Crippen LogP contribution in [-0.2, 0) is 6.42 Å². The standard InChI is InChI=1S/C13H21N3O/c1-17-13-10-11(2-6-15-13)3-7-16-8-4-12(14)5-9-16/h2,6,10,12H,3-5,7-9,14H2,1H3. The quantitative estimate of drug-likeness (QED) is 0.847. The molecule has 1 fully saturated rings. The number of hydrogen-bond donors (Lipinski definition) is 1. The van der Waals surface area contributed by atoms with Crippen LogP contribution in [0.15, 0.2) is 18.3 Å². The first kappa shape index (κ1) is 12.3. The Labute approximate surface area is 103 Å². The van der Waals surface area contributed by atoms with Crippen LogP contribution in [0, 0.1) is 0 Å². The Morgan fingerprint density at radius 3 is 2.94 bits per heavy atom. The fourth-order valence-corrected chi connectivity index (χ4v) is 2.18. The average molecular weight is 235 g/mol. The lowest BCUT2D eigenvalue weighted by Gasteiger charge is -2.29. The van der Waals surface area contributed by atoms with Gasteiger partial charge < -0.3 is 15.4 Å². The van der Waals surface area contributed by atoms with Gasteiger partial charge in [-0.25, -0.2) is 4.98 Å². The first-order chi connectivity index (χ1) is 8.28. The van der Waals surface area contributed by atoms with Crippen molar-refractivity contribution in [2.24, 2.45) is 5.73 Å². The second-order valence-electron chi connectivity index (χ2n) is 4.64. The van der Waals surface area contributed by atoms with Crippen molar-refractivity contribution in [1.29, 1.82) is 0 Å². The summed E-state index contributed by atoms with van der Waals surface area (Å²) in [7, 11) is 1.65. The van der Waals surface area contributed by atoms with Gasteiger partial charge in [0, 0.05) is 24.8 Å². The average Bonchev–Trinajstić information content (AvgIpc) is 2.38. The van der Waals surface area contributed by atoms with Crippen LogP contribution in [0.5, 0.6) is 5.88 Å². The van der Waals surface area contributed by atoms with Gasteiger partial charge in [-0.1, -0.05) is 0 Å². The van der Waals surface area contributed by atoms with Crippen molar-refractivity contribution in [3.05, 3.63) is 23.9 Å². The molecule has 0 spiro atoms. The van der Waals surface area contributed by atoms with Crippen LogP contribution in [0.4, 0.5) is 0 Å². The summed E-state index contributed by atoms with van der Waals surface area (Å²) in [5, 5.41) is 0. The number of pyridine rings is 1.